The molecule has 4 N–H and O–H groups in total. The monoisotopic (exact) mass is 508 g/mol. The number of nitrogens with one attached hydrogen (secondary N) is 2. The molecule has 35 heavy (non-hydrogen) atoms. The SMILES string of the molecule is C.O=C(NCC1OC2OCCCOC1C(O)C2O)[C@H](COCc1ccccc1)NC(=O)C(F)(F)F. The van der Waals surface area contributed by atoms with E-state index in [2.05, 4.69) is 5.32 Å². The van der Waals surface area contributed by atoms with Gasteiger partial charge in [0.15, 0.2) is 6.29 Å². The summed E-state index contributed by atoms with van der Waals surface area (Å²) < 4.78 is 60.1. The van der Waals surface area contributed by atoms with Crippen molar-refractivity contribution >= 4 is 11.8 Å². The quantitative estimate of drug-likeness (QED) is 0.393. The summed E-state index contributed by atoms with van der Waals surface area (Å²) in [7, 11) is 0. The number of halogens is 3. The fraction of sp³-hybridized carbons (Fsp3) is 0.636. The molecule has 3 aliphatic heterocycles. The number of alkyl halides is 3. The van der Waals surface area contributed by atoms with E-state index in [1.165, 1.54) is 0 Å². The molecule has 198 valence electrons. The van der Waals surface area contributed by atoms with E-state index < -0.39 is 61.3 Å². The Morgan fingerprint density at radius 2 is 1.80 bits per heavy atom. The number of aliphatic hydroxyl groups excluding tert-OH is 2. The van der Waals surface area contributed by atoms with Gasteiger partial charge in [0.05, 0.1) is 19.8 Å². The lowest BCUT2D eigenvalue weighted by molar-refractivity contribution is -0.292. The van der Waals surface area contributed by atoms with Crippen LogP contribution in [0.1, 0.15) is 19.4 Å². The first kappa shape index (κ1) is 28.9. The minimum atomic E-state index is -5.19. The Kier molecular flexibility index (Phi) is 10.9. The van der Waals surface area contributed by atoms with Crippen LogP contribution < -0.4 is 10.6 Å². The lowest BCUT2D eigenvalue weighted by Gasteiger charge is -2.41. The number of carbonyl (C=O) groups excluding carboxylic acids is 2. The second-order valence-corrected chi connectivity index (χ2v) is 7.85. The Morgan fingerprint density at radius 1 is 1.11 bits per heavy atom. The summed E-state index contributed by atoms with van der Waals surface area (Å²) in [5.74, 6) is -3.25. The third-order valence-electron chi connectivity index (χ3n) is 5.27. The van der Waals surface area contributed by atoms with Gasteiger partial charge in [0.2, 0.25) is 5.91 Å². The number of amides is 2. The summed E-state index contributed by atoms with van der Waals surface area (Å²) in [6, 6.07) is 7.08. The molecule has 3 fully saturated rings. The van der Waals surface area contributed by atoms with Gasteiger partial charge in [0.1, 0.15) is 30.5 Å². The number of rotatable bonds is 8. The highest BCUT2D eigenvalue weighted by Crippen LogP contribution is 2.26. The summed E-state index contributed by atoms with van der Waals surface area (Å²) in [6.07, 6.45) is -10.6. The number of ether oxygens (including phenoxy) is 4. The first-order valence-electron chi connectivity index (χ1n) is 10.7. The lowest BCUT2D eigenvalue weighted by Crippen LogP contribution is -2.62. The fourth-order valence-corrected chi connectivity index (χ4v) is 3.51. The van der Waals surface area contributed by atoms with Gasteiger partial charge in [-0.3, -0.25) is 9.59 Å². The first-order valence-corrected chi connectivity index (χ1v) is 10.7. The maximum atomic E-state index is 12.8. The van der Waals surface area contributed by atoms with E-state index in [0.29, 0.717) is 6.42 Å². The first-order chi connectivity index (χ1) is 16.2. The van der Waals surface area contributed by atoms with Gasteiger partial charge in [0, 0.05) is 13.2 Å². The number of fused-ring (bicyclic) bond motifs is 6. The molecular weight excluding hydrogens is 477 g/mol. The second-order valence-electron chi connectivity index (χ2n) is 7.85. The molecule has 0 radical (unpaired) electrons. The zero-order valence-corrected chi connectivity index (χ0v) is 18.1. The average molecular weight is 508 g/mol. The Bertz CT molecular complexity index is 812. The van der Waals surface area contributed by atoms with E-state index in [4.69, 9.17) is 18.9 Å². The van der Waals surface area contributed by atoms with Crippen LogP contribution in [0.25, 0.3) is 0 Å². The zero-order valence-electron chi connectivity index (χ0n) is 18.1. The van der Waals surface area contributed by atoms with Crippen LogP contribution >= 0.6 is 0 Å². The van der Waals surface area contributed by atoms with Crippen molar-refractivity contribution in [2.24, 2.45) is 0 Å². The highest BCUT2D eigenvalue weighted by molar-refractivity contribution is 5.89. The van der Waals surface area contributed by atoms with Crippen LogP contribution in [0.4, 0.5) is 13.2 Å². The molecule has 2 bridgehead atoms. The third-order valence-corrected chi connectivity index (χ3v) is 5.27. The van der Waals surface area contributed by atoms with Crippen molar-refractivity contribution in [1.29, 1.82) is 0 Å². The third kappa shape index (κ3) is 8.12. The zero-order chi connectivity index (χ0) is 24.7. The molecule has 2 amide bonds. The van der Waals surface area contributed by atoms with E-state index in [0.717, 1.165) is 5.56 Å². The van der Waals surface area contributed by atoms with Gasteiger partial charge in [-0.25, -0.2) is 0 Å². The van der Waals surface area contributed by atoms with Gasteiger partial charge in [-0.15, -0.1) is 0 Å². The van der Waals surface area contributed by atoms with E-state index in [1.807, 2.05) is 0 Å². The van der Waals surface area contributed by atoms with Crippen LogP contribution in [-0.4, -0.2) is 91.3 Å². The van der Waals surface area contributed by atoms with Gasteiger partial charge in [-0.05, 0) is 12.0 Å². The number of aliphatic hydroxyl groups is 2. The molecule has 4 rings (SSSR count). The largest absolute Gasteiger partial charge is 0.471 e. The van der Waals surface area contributed by atoms with Crippen molar-refractivity contribution in [3.05, 3.63) is 35.9 Å². The normalized spacial score (nSPS) is 27.5. The van der Waals surface area contributed by atoms with Crippen molar-refractivity contribution in [3.8, 4) is 0 Å². The molecule has 1 aromatic rings. The second kappa shape index (κ2) is 13.1. The van der Waals surface area contributed by atoms with E-state index in [1.54, 1.807) is 35.6 Å². The van der Waals surface area contributed by atoms with E-state index in [9.17, 15) is 33.0 Å². The standard InChI is InChI=1S/C21H27F3N2O8.CH4/c22-21(23,24)20(30)26-13(11-31-10-12-5-2-1-3-6-12)18(29)25-9-14-17-15(27)16(28)19(34-14)33-8-4-7-32-17;/h1-3,5-6,13-17,19,27-28H,4,7-11H2,(H,25,29)(H,26,30);1H4/t13-,14?,15?,16?,17?,19?;/m0./s1. The van der Waals surface area contributed by atoms with Crippen molar-refractivity contribution in [1.82, 2.24) is 10.6 Å². The number of hydrogen-bond acceptors (Lipinski definition) is 8. The van der Waals surface area contributed by atoms with Gasteiger partial charge in [-0.1, -0.05) is 37.8 Å². The summed E-state index contributed by atoms with van der Waals surface area (Å²) in [4.78, 5) is 24.1. The predicted octanol–water partition coefficient (Wildman–Crippen LogP) is 0.255. The van der Waals surface area contributed by atoms with Gasteiger partial charge < -0.3 is 39.8 Å². The highest BCUT2D eigenvalue weighted by atomic mass is 19.4. The Morgan fingerprint density at radius 3 is 2.49 bits per heavy atom. The van der Waals surface area contributed by atoms with E-state index in [-0.39, 0.29) is 33.8 Å². The maximum absolute atomic E-state index is 12.8. The molecule has 0 spiro atoms. The molecule has 3 saturated heterocycles. The van der Waals surface area contributed by atoms with Crippen LogP contribution in [0.2, 0.25) is 0 Å². The summed E-state index contributed by atoms with van der Waals surface area (Å²) in [5.41, 5.74) is 0.725. The summed E-state index contributed by atoms with van der Waals surface area (Å²) in [5, 5.41) is 24.5. The van der Waals surface area contributed by atoms with Crippen molar-refractivity contribution in [2.75, 3.05) is 26.4 Å². The molecule has 0 saturated carbocycles. The smallest absolute Gasteiger partial charge is 0.387 e. The molecule has 6 atom stereocenters. The molecule has 13 heteroatoms. The number of benzene rings is 1. The number of hydrogen-bond donors (Lipinski definition) is 4. The molecule has 0 aromatic heterocycles. The van der Waals surface area contributed by atoms with Crippen molar-refractivity contribution in [2.45, 2.75) is 63.4 Å². The van der Waals surface area contributed by atoms with Crippen LogP contribution in [0.15, 0.2) is 30.3 Å². The predicted molar refractivity (Wildman–Crippen MR) is 115 cm³/mol. The Balaban J connectivity index is 0.00000432. The van der Waals surface area contributed by atoms with Crippen LogP contribution in [0, 0.1) is 0 Å². The van der Waals surface area contributed by atoms with Crippen molar-refractivity contribution in [3.63, 3.8) is 0 Å². The molecule has 3 heterocycles. The highest BCUT2D eigenvalue weighted by Gasteiger charge is 2.47. The minimum absolute atomic E-state index is 0. The summed E-state index contributed by atoms with van der Waals surface area (Å²) in [6.45, 7) is -0.389. The maximum Gasteiger partial charge on any atom is 0.471 e. The van der Waals surface area contributed by atoms with Gasteiger partial charge in [-0.2, -0.15) is 13.2 Å². The Labute approximate surface area is 200 Å². The topological polar surface area (TPSA) is 136 Å². The van der Waals surface area contributed by atoms with Crippen molar-refractivity contribution < 1.29 is 51.9 Å². The molecule has 1 aromatic carbocycles. The molecule has 3 aliphatic rings. The van der Waals surface area contributed by atoms with Gasteiger partial charge >= 0.3 is 12.1 Å². The Hall–Kier alpha value is -2.29. The van der Waals surface area contributed by atoms with E-state index >= 15 is 0 Å². The summed E-state index contributed by atoms with van der Waals surface area (Å²) >= 11 is 0. The van der Waals surface area contributed by atoms with Crippen LogP contribution in [0.3, 0.4) is 0 Å². The lowest BCUT2D eigenvalue weighted by atomic mass is 9.98. The van der Waals surface area contributed by atoms with Crippen LogP contribution in [-0.2, 0) is 35.1 Å². The molecule has 5 unspecified atom stereocenters. The number of carbonyl (C=O) groups is 2. The van der Waals surface area contributed by atoms with Crippen LogP contribution in [0.5, 0.6) is 0 Å². The average Bonchev–Trinajstić information content (AvgIpc) is 2.94. The fourth-order valence-electron chi connectivity index (χ4n) is 3.51. The van der Waals surface area contributed by atoms with Gasteiger partial charge in [0.25, 0.3) is 0 Å². The molecule has 10 nitrogen and oxygen atoms in total. The minimum Gasteiger partial charge on any atom is -0.387 e. The molecular formula is C22H31F3N2O8. The molecule has 0 aliphatic carbocycles.